The maximum atomic E-state index is 14.0. The molecule has 208 valence electrons. The Kier molecular flexibility index (Phi) is 10.2. The van der Waals surface area contributed by atoms with E-state index in [1.807, 2.05) is 26.8 Å². The van der Waals surface area contributed by atoms with Crippen molar-refractivity contribution in [2.24, 2.45) is 0 Å². The number of amides is 2. The van der Waals surface area contributed by atoms with Crippen molar-refractivity contribution in [2.75, 3.05) is 17.4 Å². The molecule has 3 aromatic carbocycles. The van der Waals surface area contributed by atoms with Crippen molar-refractivity contribution in [3.8, 4) is 0 Å². The molecule has 3 rings (SSSR count). The van der Waals surface area contributed by atoms with Crippen molar-refractivity contribution < 1.29 is 22.4 Å². The standard InChI is InChI=1S/C30H36FN3O4S/c1-5-18-32-30(36)28(6-2)33(20-24-12-14-25(31)15-13-24)29(35)21-34(26-9-7-8-23(4)19-26)39(37,38)27-16-10-22(3)11-17-27/h7-17,19,28H,5-6,18,20-21H2,1-4H3,(H,32,36)/t28-/m0/s1. The molecule has 2 amide bonds. The fraction of sp³-hybridized carbons (Fsp3) is 0.333. The molecular formula is C30H36FN3O4S. The summed E-state index contributed by atoms with van der Waals surface area (Å²) in [6, 6.07) is 18.2. The molecule has 0 fully saturated rings. The van der Waals surface area contributed by atoms with E-state index < -0.39 is 34.3 Å². The second-order valence-corrected chi connectivity index (χ2v) is 11.4. The molecule has 0 aromatic heterocycles. The van der Waals surface area contributed by atoms with Crippen LogP contribution in [0.5, 0.6) is 0 Å². The molecule has 1 atom stereocenters. The summed E-state index contributed by atoms with van der Waals surface area (Å²) in [5, 5.41) is 2.84. The molecule has 0 aliphatic heterocycles. The lowest BCUT2D eigenvalue weighted by atomic mass is 10.1. The molecular weight excluding hydrogens is 517 g/mol. The topological polar surface area (TPSA) is 86.8 Å². The van der Waals surface area contributed by atoms with E-state index in [-0.39, 0.29) is 17.3 Å². The zero-order valence-electron chi connectivity index (χ0n) is 22.9. The first kappa shape index (κ1) is 29.8. The molecule has 0 bridgehead atoms. The van der Waals surface area contributed by atoms with Crippen molar-refractivity contribution >= 4 is 27.5 Å². The predicted molar refractivity (Wildman–Crippen MR) is 151 cm³/mol. The van der Waals surface area contributed by atoms with Gasteiger partial charge in [0.1, 0.15) is 18.4 Å². The Labute approximate surface area is 230 Å². The number of carbonyl (C=O) groups is 2. The van der Waals surface area contributed by atoms with Crippen molar-refractivity contribution in [2.45, 2.75) is 58.0 Å². The molecule has 0 saturated heterocycles. The summed E-state index contributed by atoms with van der Waals surface area (Å²) >= 11 is 0. The van der Waals surface area contributed by atoms with Gasteiger partial charge in [-0.05, 0) is 74.2 Å². The molecule has 0 aliphatic rings. The van der Waals surface area contributed by atoms with Crippen molar-refractivity contribution in [1.29, 1.82) is 0 Å². The van der Waals surface area contributed by atoms with E-state index in [0.29, 0.717) is 24.2 Å². The van der Waals surface area contributed by atoms with E-state index in [4.69, 9.17) is 0 Å². The van der Waals surface area contributed by atoms with E-state index in [1.165, 1.54) is 29.2 Å². The van der Waals surface area contributed by atoms with Gasteiger partial charge in [-0.3, -0.25) is 13.9 Å². The van der Waals surface area contributed by atoms with Gasteiger partial charge in [-0.1, -0.05) is 55.8 Å². The SMILES string of the molecule is CCCNC(=O)[C@H](CC)N(Cc1ccc(F)cc1)C(=O)CN(c1cccc(C)c1)S(=O)(=O)c1ccc(C)cc1. The number of halogens is 1. The Hall–Kier alpha value is -3.72. The number of rotatable bonds is 12. The zero-order valence-corrected chi connectivity index (χ0v) is 23.7. The number of sulfonamides is 1. The molecule has 0 heterocycles. The summed E-state index contributed by atoms with van der Waals surface area (Å²) in [6.45, 7) is 7.38. The molecule has 0 saturated carbocycles. The number of nitrogens with zero attached hydrogens (tertiary/aromatic N) is 2. The number of nitrogens with one attached hydrogen (secondary N) is 1. The zero-order chi connectivity index (χ0) is 28.6. The maximum Gasteiger partial charge on any atom is 0.264 e. The van der Waals surface area contributed by atoms with Crippen LogP contribution in [0.25, 0.3) is 0 Å². The Bertz CT molecular complexity index is 1380. The summed E-state index contributed by atoms with van der Waals surface area (Å²) in [4.78, 5) is 28.5. The number of anilines is 1. The number of benzene rings is 3. The first-order valence-corrected chi connectivity index (χ1v) is 14.5. The highest BCUT2D eigenvalue weighted by Crippen LogP contribution is 2.26. The highest BCUT2D eigenvalue weighted by atomic mass is 32.2. The first-order valence-electron chi connectivity index (χ1n) is 13.0. The Morgan fingerprint density at radius 1 is 0.923 bits per heavy atom. The number of carbonyl (C=O) groups excluding carboxylic acids is 2. The van der Waals surface area contributed by atoms with Crippen LogP contribution in [0.1, 0.15) is 43.4 Å². The van der Waals surface area contributed by atoms with Gasteiger partial charge in [0.15, 0.2) is 0 Å². The van der Waals surface area contributed by atoms with Gasteiger partial charge in [0.25, 0.3) is 10.0 Å². The molecule has 0 radical (unpaired) electrons. The number of hydrogen-bond donors (Lipinski definition) is 1. The summed E-state index contributed by atoms with van der Waals surface area (Å²) in [5.41, 5.74) is 2.70. The van der Waals surface area contributed by atoms with Gasteiger partial charge in [0.2, 0.25) is 11.8 Å². The fourth-order valence-corrected chi connectivity index (χ4v) is 5.63. The summed E-state index contributed by atoms with van der Waals surface area (Å²) < 4.78 is 42.4. The lowest BCUT2D eigenvalue weighted by molar-refractivity contribution is -0.140. The number of aryl methyl sites for hydroxylation is 2. The van der Waals surface area contributed by atoms with Crippen molar-refractivity contribution in [3.05, 3.63) is 95.3 Å². The molecule has 0 spiro atoms. The van der Waals surface area contributed by atoms with Crippen molar-refractivity contribution in [3.63, 3.8) is 0 Å². The number of hydrogen-bond acceptors (Lipinski definition) is 4. The average molecular weight is 554 g/mol. The highest BCUT2D eigenvalue weighted by Gasteiger charge is 2.33. The lowest BCUT2D eigenvalue weighted by Crippen LogP contribution is -2.52. The van der Waals surface area contributed by atoms with Gasteiger partial charge in [0.05, 0.1) is 10.6 Å². The fourth-order valence-electron chi connectivity index (χ4n) is 4.22. The largest absolute Gasteiger partial charge is 0.354 e. The molecule has 0 unspecified atom stereocenters. The van der Waals surface area contributed by atoms with Gasteiger partial charge < -0.3 is 10.2 Å². The summed E-state index contributed by atoms with van der Waals surface area (Å²) in [5.74, 6) is -1.28. The third-order valence-corrected chi connectivity index (χ3v) is 8.17. The highest BCUT2D eigenvalue weighted by molar-refractivity contribution is 7.92. The molecule has 3 aromatic rings. The van der Waals surface area contributed by atoms with Gasteiger partial charge in [-0.2, -0.15) is 0 Å². The first-order chi connectivity index (χ1) is 18.6. The van der Waals surface area contributed by atoms with Crippen molar-refractivity contribution in [1.82, 2.24) is 10.2 Å². The Morgan fingerprint density at radius 2 is 1.59 bits per heavy atom. The smallest absolute Gasteiger partial charge is 0.264 e. The molecule has 0 aliphatic carbocycles. The third kappa shape index (κ3) is 7.66. The quantitative estimate of drug-likeness (QED) is 0.343. The van der Waals surface area contributed by atoms with E-state index in [0.717, 1.165) is 21.9 Å². The summed E-state index contributed by atoms with van der Waals surface area (Å²) in [6.07, 6.45) is 1.04. The normalized spacial score (nSPS) is 12.0. The van der Waals surface area contributed by atoms with E-state index in [9.17, 15) is 22.4 Å². The van der Waals surface area contributed by atoms with E-state index in [1.54, 1.807) is 49.4 Å². The van der Waals surface area contributed by atoms with Gasteiger partial charge in [0, 0.05) is 13.1 Å². The molecule has 9 heteroatoms. The van der Waals surface area contributed by atoms with Crippen LogP contribution < -0.4 is 9.62 Å². The Balaban J connectivity index is 2.04. The second-order valence-electron chi connectivity index (χ2n) is 9.53. The van der Waals surface area contributed by atoms with Gasteiger partial charge in [-0.25, -0.2) is 12.8 Å². The molecule has 1 N–H and O–H groups in total. The van der Waals surface area contributed by atoms with Crippen LogP contribution in [-0.4, -0.2) is 44.3 Å². The van der Waals surface area contributed by atoms with E-state index >= 15 is 0 Å². The van der Waals surface area contributed by atoms with E-state index in [2.05, 4.69) is 5.32 Å². The van der Waals surface area contributed by atoms with Crippen LogP contribution in [0.3, 0.4) is 0 Å². The van der Waals surface area contributed by atoms with Gasteiger partial charge in [-0.15, -0.1) is 0 Å². The van der Waals surface area contributed by atoms with Crippen LogP contribution in [0, 0.1) is 19.7 Å². The maximum absolute atomic E-state index is 14.0. The van der Waals surface area contributed by atoms with Crippen LogP contribution in [-0.2, 0) is 26.2 Å². The third-order valence-electron chi connectivity index (χ3n) is 6.38. The van der Waals surface area contributed by atoms with Gasteiger partial charge >= 0.3 is 0 Å². The minimum Gasteiger partial charge on any atom is -0.354 e. The minimum atomic E-state index is -4.13. The molecule has 39 heavy (non-hydrogen) atoms. The minimum absolute atomic E-state index is 0.0173. The Morgan fingerprint density at radius 3 is 2.18 bits per heavy atom. The lowest BCUT2D eigenvalue weighted by Gasteiger charge is -2.33. The monoisotopic (exact) mass is 553 g/mol. The average Bonchev–Trinajstić information content (AvgIpc) is 2.91. The van der Waals surface area contributed by atoms with Crippen LogP contribution >= 0.6 is 0 Å². The van der Waals surface area contributed by atoms with Crippen LogP contribution in [0.2, 0.25) is 0 Å². The van der Waals surface area contributed by atoms with Crippen LogP contribution in [0.15, 0.2) is 77.7 Å². The predicted octanol–water partition coefficient (Wildman–Crippen LogP) is 4.97. The second kappa shape index (κ2) is 13.4. The van der Waals surface area contributed by atoms with Crippen LogP contribution in [0.4, 0.5) is 10.1 Å². The molecule has 7 nitrogen and oxygen atoms in total. The summed E-state index contributed by atoms with van der Waals surface area (Å²) in [7, 11) is -4.13.